The summed E-state index contributed by atoms with van der Waals surface area (Å²) in [5.74, 6) is -0.230. The summed E-state index contributed by atoms with van der Waals surface area (Å²) >= 11 is 0. The highest BCUT2D eigenvalue weighted by atomic mass is 19.1. The summed E-state index contributed by atoms with van der Waals surface area (Å²) in [6.45, 7) is 1.07. The Morgan fingerprint density at radius 2 is 2.05 bits per heavy atom. The minimum Gasteiger partial charge on any atom is -0.338 e. The molecule has 2 N–H and O–H groups in total. The highest BCUT2D eigenvalue weighted by Crippen LogP contribution is 2.23. The van der Waals surface area contributed by atoms with Gasteiger partial charge >= 0.3 is 0 Å². The number of hydrogen-bond acceptors (Lipinski definition) is 2. The van der Waals surface area contributed by atoms with Crippen molar-refractivity contribution in [2.75, 3.05) is 13.1 Å². The van der Waals surface area contributed by atoms with Gasteiger partial charge in [-0.1, -0.05) is 31.4 Å². The van der Waals surface area contributed by atoms with Crippen molar-refractivity contribution in [3.8, 4) is 0 Å². The van der Waals surface area contributed by atoms with E-state index >= 15 is 0 Å². The first-order valence-corrected chi connectivity index (χ1v) is 7.44. The second kappa shape index (κ2) is 7.39. The summed E-state index contributed by atoms with van der Waals surface area (Å²) in [5.41, 5.74) is 6.37. The average molecular weight is 278 g/mol. The number of benzene rings is 1. The standard InChI is InChI=1S/C16H23FN2O/c17-14-6-4-5-13(11-14)12-16(20)19(10-9-18)15-7-2-1-3-8-15/h4-6,11,15H,1-3,7-10,12,18H2. The lowest BCUT2D eigenvalue weighted by molar-refractivity contribution is -0.133. The van der Waals surface area contributed by atoms with E-state index in [1.807, 2.05) is 4.90 Å². The first kappa shape index (κ1) is 15.0. The van der Waals surface area contributed by atoms with Crippen LogP contribution in [0.1, 0.15) is 37.7 Å². The fraction of sp³-hybridized carbons (Fsp3) is 0.562. The molecule has 1 aliphatic rings. The van der Waals surface area contributed by atoms with Gasteiger partial charge in [0.1, 0.15) is 5.82 Å². The fourth-order valence-electron chi connectivity index (χ4n) is 2.97. The third-order valence-corrected chi connectivity index (χ3v) is 3.95. The topological polar surface area (TPSA) is 46.3 Å². The van der Waals surface area contributed by atoms with Crippen LogP contribution in [-0.4, -0.2) is 29.9 Å². The van der Waals surface area contributed by atoms with Crippen LogP contribution in [0.25, 0.3) is 0 Å². The molecule has 1 saturated carbocycles. The minimum absolute atomic E-state index is 0.0629. The van der Waals surface area contributed by atoms with E-state index in [1.54, 1.807) is 12.1 Å². The molecule has 3 nitrogen and oxygen atoms in total. The number of carbonyl (C=O) groups is 1. The van der Waals surface area contributed by atoms with Crippen molar-refractivity contribution in [2.45, 2.75) is 44.6 Å². The number of amides is 1. The maximum absolute atomic E-state index is 13.2. The van der Waals surface area contributed by atoms with Crippen LogP contribution < -0.4 is 5.73 Å². The molecule has 1 fully saturated rings. The predicted octanol–water partition coefficient (Wildman–Crippen LogP) is 2.49. The minimum atomic E-state index is -0.293. The Kier molecular flexibility index (Phi) is 5.53. The molecule has 1 aromatic rings. The first-order chi connectivity index (χ1) is 9.70. The van der Waals surface area contributed by atoms with Crippen molar-refractivity contribution in [1.82, 2.24) is 4.90 Å². The molecular weight excluding hydrogens is 255 g/mol. The number of hydrogen-bond donors (Lipinski definition) is 1. The van der Waals surface area contributed by atoms with Gasteiger partial charge in [-0.05, 0) is 30.5 Å². The molecule has 0 heterocycles. The Hall–Kier alpha value is -1.42. The van der Waals surface area contributed by atoms with Crippen molar-refractivity contribution in [1.29, 1.82) is 0 Å². The van der Waals surface area contributed by atoms with Crippen LogP contribution in [0.2, 0.25) is 0 Å². The Balaban J connectivity index is 2.02. The molecule has 0 saturated heterocycles. The Morgan fingerprint density at radius 3 is 2.70 bits per heavy atom. The zero-order valence-electron chi connectivity index (χ0n) is 11.9. The third kappa shape index (κ3) is 4.04. The molecule has 0 bridgehead atoms. The molecule has 0 radical (unpaired) electrons. The van der Waals surface area contributed by atoms with Gasteiger partial charge in [0.05, 0.1) is 6.42 Å². The van der Waals surface area contributed by atoms with E-state index in [-0.39, 0.29) is 18.1 Å². The van der Waals surface area contributed by atoms with Gasteiger partial charge in [-0.25, -0.2) is 4.39 Å². The van der Waals surface area contributed by atoms with Crippen molar-refractivity contribution in [2.24, 2.45) is 5.73 Å². The van der Waals surface area contributed by atoms with Gasteiger partial charge in [0.25, 0.3) is 0 Å². The molecule has 0 spiro atoms. The van der Waals surface area contributed by atoms with Crippen LogP contribution in [-0.2, 0) is 11.2 Å². The van der Waals surface area contributed by atoms with E-state index in [2.05, 4.69) is 0 Å². The monoisotopic (exact) mass is 278 g/mol. The summed E-state index contributed by atoms with van der Waals surface area (Å²) in [4.78, 5) is 14.4. The van der Waals surface area contributed by atoms with E-state index in [0.717, 1.165) is 18.4 Å². The van der Waals surface area contributed by atoms with Crippen LogP contribution >= 0.6 is 0 Å². The zero-order chi connectivity index (χ0) is 14.4. The van der Waals surface area contributed by atoms with Gasteiger partial charge in [0.15, 0.2) is 0 Å². The van der Waals surface area contributed by atoms with Gasteiger partial charge in [-0.15, -0.1) is 0 Å². The summed E-state index contributed by atoms with van der Waals surface area (Å²) in [7, 11) is 0. The second-order valence-corrected chi connectivity index (χ2v) is 5.47. The zero-order valence-corrected chi connectivity index (χ0v) is 11.9. The molecule has 2 rings (SSSR count). The molecule has 1 aliphatic carbocycles. The van der Waals surface area contributed by atoms with Gasteiger partial charge in [-0.2, -0.15) is 0 Å². The number of nitrogens with zero attached hydrogens (tertiary/aromatic N) is 1. The molecule has 20 heavy (non-hydrogen) atoms. The summed E-state index contributed by atoms with van der Waals surface area (Å²) < 4.78 is 13.2. The van der Waals surface area contributed by atoms with Crippen molar-refractivity contribution >= 4 is 5.91 Å². The molecule has 1 aromatic carbocycles. The van der Waals surface area contributed by atoms with Crippen LogP contribution in [0, 0.1) is 5.82 Å². The molecule has 4 heteroatoms. The summed E-state index contributed by atoms with van der Waals surface area (Å²) in [6, 6.07) is 6.58. The van der Waals surface area contributed by atoms with Gasteiger partial charge in [0.2, 0.25) is 5.91 Å². The fourth-order valence-corrected chi connectivity index (χ4v) is 2.97. The van der Waals surface area contributed by atoms with Gasteiger partial charge in [-0.3, -0.25) is 4.79 Å². The highest BCUT2D eigenvalue weighted by molar-refractivity contribution is 5.79. The number of carbonyl (C=O) groups excluding carboxylic acids is 1. The summed E-state index contributed by atoms with van der Waals surface area (Å²) in [6.07, 6.45) is 6.00. The molecule has 0 atom stereocenters. The van der Waals surface area contributed by atoms with Crippen LogP contribution in [0.4, 0.5) is 4.39 Å². The maximum Gasteiger partial charge on any atom is 0.227 e. The predicted molar refractivity (Wildman–Crippen MR) is 77.7 cm³/mol. The molecule has 0 aliphatic heterocycles. The molecular formula is C16H23FN2O. The first-order valence-electron chi connectivity index (χ1n) is 7.44. The second-order valence-electron chi connectivity index (χ2n) is 5.47. The van der Waals surface area contributed by atoms with E-state index in [9.17, 15) is 9.18 Å². The lowest BCUT2D eigenvalue weighted by atomic mass is 9.93. The van der Waals surface area contributed by atoms with Crippen molar-refractivity contribution in [3.63, 3.8) is 0 Å². The van der Waals surface area contributed by atoms with Crippen molar-refractivity contribution in [3.05, 3.63) is 35.6 Å². The van der Waals surface area contributed by atoms with Crippen LogP contribution in [0.5, 0.6) is 0 Å². The Morgan fingerprint density at radius 1 is 1.30 bits per heavy atom. The smallest absolute Gasteiger partial charge is 0.227 e. The SMILES string of the molecule is NCCN(C(=O)Cc1cccc(F)c1)C1CCCCC1. The van der Waals surface area contributed by atoms with Gasteiger partial charge < -0.3 is 10.6 Å². The highest BCUT2D eigenvalue weighted by Gasteiger charge is 2.24. The third-order valence-electron chi connectivity index (χ3n) is 3.95. The van der Waals surface area contributed by atoms with Crippen molar-refractivity contribution < 1.29 is 9.18 Å². The maximum atomic E-state index is 13.2. The van der Waals surface area contributed by atoms with Crippen LogP contribution in [0.3, 0.4) is 0 Å². The number of halogens is 1. The van der Waals surface area contributed by atoms with E-state index < -0.39 is 0 Å². The number of rotatable bonds is 5. The largest absolute Gasteiger partial charge is 0.338 e. The van der Waals surface area contributed by atoms with E-state index in [0.29, 0.717) is 19.1 Å². The molecule has 1 amide bonds. The molecule has 0 aromatic heterocycles. The summed E-state index contributed by atoms with van der Waals surface area (Å²) in [5, 5.41) is 0. The van der Waals surface area contributed by atoms with Crippen LogP contribution in [0.15, 0.2) is 24.3 Å². The Bertz CT molecular complexity index is 444. The van der Waals surface area contributed by atoms with E-state index in [4.69, 9.17) is 5.73 Å². The molecule has 0 unspecified atom stereocenters. The number of nitrogens with two attached hydrogens (primary N) is 1. The van der Waals surface area contributed by atoms with Gasteiger partial charge in [0, 0.05) is 19.1 Å². The lowest BCUT2D eigenvalue weighted by Gasteiger charge is -2.34. The lowest BCUT2D eigenvalue weighted by Crippen LogP contribution is -2.44. The average Bonchev–Trinajstić information content (AvgIpc) is 2.45. The normalized spacial score (nSPS) is 16.1. The quantitative estimate of drug-likeness (QED) is 0.899. The van der Waals surface area contributed by atoms with E-state index in [1.165, 1.54) is 31.4 Å². The Labute approximate surface area is 120 Å². The molecule has 110 valence electrons.